The Morgan fingerprint density at radius 2 is 2.05 bits per heavy atom. The molecule has 0 atom stereocenters. The summed E-state index contributed by atoms with van der Waals surface area (Å²) in [6.07, 6.45) is 6.53. The van der Waals surface area contributed by atoms with Crippen molar-refractivity contribution in [2.24, 2.45) is 0 Å². The molecule has 0 spiro atoms. The molecule has 4 heteroatoms. The van der Waals surface area contributed by atoms with Gasteiger partial charge in [0.05, 0.1) is 0 Å². The summed E-state index contributed by atoms with van der Waals surface area (Å²) in [4.78, 5) is 27.2. The van der Waals surface area contributed by atoms with E-state index < -0.39 is 5.97 Å². The fraction of sp³-hybridized carbons (Fsp3) is 0.167. The van der Waals surface area contributed by atoms with E-state index in [2.05, 4.69) is 4.98 Å². The van der Waals surface area contributed by atoms with Gasteiger partial charge in [-0.25, -0.2) is 4.79 Å². The van der Waals surface area contributed by atoms with Gasteiger partial charge in [-0.05, 0) is 48.2 Å². The molecule has 0 saturated carbocycles. The molecular formula is C18H17NO3. The van der Waals surface area contributed by atoms with E-state index in [0.717, 1.165) is 22.8 Å². The lowest BCUT2D eigenvalue weighted by Crippen LogP contribution is -2.08. The van der Waals surface area contributed by atoms with E-state index in [0.29, 0.717) is 17.5 Å². The molecule has 1 aromatic heterocycles. The lowest BCUT2D eigenvalue weighted by atomic mass is 9.91. The van der Waals surface area contributed by atoms with Gasteiger partial charge in [0.1, 0.15) is 0 Å². The molecule has 1 N–H and O–H groups in total. The van der Waals surface area contributed by atoms with Crippen molar-refractivity contribution in [1.29, 1.82) is 0 Å². The number of aromatic nitrogens is 1. The van der Waals surface area contributed by atoms with Crippen LogP contribution in [0.2, 0.25) is 0 Å². The van der Waals surface area contributed by atoms with Crippen molar-refractivity contribution in [2.75, 3.05) is 0 Å². The zero-order valence-electron chi connectivity index (χ0n) is 12.5. The number of ketones is 1. The van der Waals surface area contributed by atoms with Crippen LogP contribution in [0.15, 0.2) is 42.7 Å². The van der Waals surface area contributed by atoms with Crippen LogP contribution in [-0.2, 0) is 11.2 Å². The second kappa shape index (κ2) is 6.80. The third-order valence-corrected chi connectivity index (χ3v) is 3.57. The van der Waals surface area contributed by atoms with Crippen molar-refractivity contribution in [3.63, 3.8) is 0 Å². The van der Waals surface area contributed by atoms with Gasteiger partial charge in [0.15, 0.2) is 5.78 Å². The first-order chi connectivity index (χ1) is 10.5. The van der Waals surface area contributed by atoms with Gasteiger partial charge < -0.3 is 5.11 Å². The maximum Gasteiger partial charge on any atom is 0.328 e. The third kappa shape index (κ3) is 3.28. The molecule has 0 aliphatic carbocycles. The number of carboxylic acids is 1. The summed E-state index contributed by atoms with van der Waals surface area (Å²) in [5, 5.41) is 8.74. The lowest BCUT2D eigenvalue weighted by molar-refractivity contribution is -0.131. The van der Waals surface area contributed by atoms with Crippen molar-refractivity contribution in [1.82, 2.24) is 4.98 Å². The SMILES string of the molecule is CCc1c(C(=O)c2cccnc2)ccc(C=CC(=O)O)c1C. The van der Waals surface area contributed by atoms with Crippen LogP contribution in [0.5, 0.6) is 0 Å². The maximum atomic E-state index is 12.6. The Hall–Kier alpha value is -2.75. The predicted molar refractivity (Wildman–Crippen MR) is 84.9 cm³/mol. The van der Waals surface area contributed by atoms with Crippen LogP contribution in [0, 0.1) is 6.92 Å². The van der Waals surface area contributed by atoms with Crippen LogP contribution in [0.3, 0.4) is 0 Å². The molecule has 0 unspecified atom stereocenters. The van der Waals surface area contributed by atoms with E-state index in [-0.39, 0.29) is 5.78 Å². The minimum absolute atomic E-state index is 0.0678. The Balaban J connectivity index is 2.48. The number of nitrogens with zero attached hydrogens (tertiary/aromatic N) is 1. The molecule has 112 valence electrons. The van der Waals surface area contributed by atoms with Crippen LogP contribution in [0.25, 0.3) is 6.08 Å². The number of carbonyl (C=O) groups excluding carboxylic acids is 1. The summed E-state index contributed by atoms with van der Waals surface area (Å²) in [5.74, 6) is -1.06. The van der Waals surface area contributed by atoms with Gasteiger partial charge >= 0.3 is 5.97 Å². The van der Waals surface area contributed by atoms with Crippen molar-refractivity contribution >= 4 is 17.8 Å². The van der Waals surface area contributed by atoms with Gasteiger partial charge in [-0.1, -0.05) is 19.1 Å². The molecular weight excluding hydrogens is 278 g/mol. The summed E-state index contributed by atoms with van der Waals surface area (Å²) in [6.45, 7) is 3.88. The molecule has 0 fully saturated rings. The first-order valence-electron chi connectivity index (χ1n) is 7.02. The van der Waals surface area contributed by atoms with Crippen molar-refractivity contribution in [3.05, 3.63) is 70.6 Å². The fourth-order valence-electron chi connectivity index (χ4n) is 2.44. The molecule has 0 radical (unpaired) electrons. The van der Waals surface area contributed by atoms with E-state index in [1.807, 2.05) is 13.8 Å². The zero-order chi connectivity index (χ0) is 16.1. The number of carboxylic acid groups (broad SMARTS) is 1. The van der Waals surface area contributed by atoms with Gasteiger partial charge in [-0.15, -0.1) is 0 Å². The number of benzene rings is 1. The van der Waals surface area contributed by atoms with Crippen LogP contribution >= 0.6 is 0 Å². The number of hydrogen-bond acceptors (Lipinski definition) is 3. The van der Waals surface area contributed by atoms with Crippen molar-refractivity contribution < 1.29 is 14.7 Å². The Morgan fingerprint density at radius 3 is 2.64 bits per heavy atom. The fourth-order valence-corrected chi connectivity index (χ4v) is 2.44. The average Bonchev–Trinajstić information content (AvgIpc) is 2.53. The molecule has 0 aliphatic rings. The predicted octanol–water partition coefficient (Wildman–Crippen LogP) is 3.28. The second-order valence-electron chi connectivity index (χ2n) is 4.90. The Morgan fingerprint density at radius 1 is 1.27 bits per heavy atom. The molecule has 1 aromatic carbocycles. The topological polar surface area (TPSA) is 67.3 Å². The monoisotopic (exact) mass is 295 g/mol. The Kier molecular flexibility index (Phi) is 4.84. The first-order valence-corrected chi connectivity index (χ1v) is 7.02. The molecule has 4 nitrogen and oxygen atoms in total. The summed E-state index contributed by atoms with van der Waals surface area (Å²) in [5.41, 5.74) is 3.85. The molecule has 1 heterocycles. The van der Waals surface area contributed by atoms with Crippen molar-refractivity contribution in [2.45, 2.75) is 20.3 Å². The number of carbonyl (C=O) groups is 2. The Bertz CT molecular complexity index is 733. The summed E-state index contributed by atoms with van der Waals surface area (Å²) in [6, 6.07) is 7.00. The van der Waals surface area contributed by atoms with Gasteiger partial charge in [-0.2, -0.15) is 0 Å². The summed E-state index contributed by atoms with van der Waals surface area (Å²) >= 11 is 0. The maximum absolute atomic E-state index is 12.6. The minimum atomic E-state index is -0.993. The highest BCUT2D eigenvalue weighted by molar-refractivity contribution is 6.10. The van der Waals surface area contributed by atoms with Gasteiger partial charge in [0, 0.05) is 29.6 Å². The average molecular weight is 295 g/mol. The normalized spacial score (nSPS) is 10.8. The number of rotatable bonds is 5. The van der Waals surface area contributed by atoms with Gasteiger partial charge in [0.25, 0.3) is 0 Å². The molecule has 0 amide bonds. The van der Waals surface area contributed by atoms with E-state index in [1.165, 1.54) is 0 Å². The van der Waals surface area contributed by atoms with Crippen LogP contribution in [0.1, 0.15) is 39.5 Å². The van der Waals surface area contributed by atoms with E-state index in [1.54, 1.807) is 42.7 Å². The highest BCUT2D eigenvalue weighted by atomic mass is 16.4. The summed E-state index contributed by atoms with van der Waals surface area (Å²) in [7, 11) is 0. The quantitative estimate of drug-likeness (QED) is 0.679. The molecule has 2 aromatic rings. The number of hydrogen-bond donors (Lipinski definition) is 1. The minimum Gasteiger partial charge on any atom is -0.478 e. The molecule has 0 bridgehead atoms. The summed E-state index contributed by atoms with van der Waals surface area (Å²) < 4.78 is 0. The lowest BCUT2D eigenvalue weighted by Gasteiger charge is -2.13. The van der Waals surface area contributed by atoms with E-state index >= 15 is 0 Å². The van der Waals surface area contributed by atoms with Crippen LogP contribution in [0.4, 0.5) is 0 Å². The largest absolute Gasteiger partial charge is 0.478 e. The molecule has 0 aliphatic heterocycles. The van der Waals surface area contributed by atoms with Gasteiger partial charge in [0.2, 0.25) is 0 Å². The third-order valence-electron chi connectivity index (χ3n) is 3.57. The first kappa shape index (κ1) is 15.6. The Labute approximate surface area is 129 Å². The molecule has 22 heavy (non-hydrogen) atoms. The highest BCUT2D eigenvalue weighted by Gasteiger charge is 2.15. The second-order valence-corrected chi connectivity index (χ2v) is 4.90. The van der Waals surface area contributed by atoms with E-state index in [9.17, 15) is 9.59 Å². The number of aliphatic carboxylic acids is 1. The highest BCUT2D eigenvalue weighted by Crippen LogP contribution is 2.23. The number of pyridine rings is 1. The molecule has 2 rings (SSSR count). The smallest absolute Gasteiger partial charge is 0.328 e. The van der Waals surface area contributed by atoms with Gasteiger partial charge in [-0.3, -0.25) is 9.78 Å². The van der Waals surface area contributed by atoms with E-state index in [4.69, 9.17) is 5.11 Å². The van der Waals surface area contributed by atoms with Crippen LogP contribution in [-0.4, -0.2) is 21.8 Å². The molecule has 0 saturated heterocycles. The van der Waals surface area contributed by atoms with Crippen LogP contribution < -0.4 is 0 Å². The van der Waals surface area contributed by atoms with Crippen molar-refractivity contribution in [3.8, 4) is 0 Å². The zero-order valence-corrected chi connectivity index (χ0v) is 12.5. The standard InChI is InChI=1S/C18H17NO3/c1-3-15-12(2)13(7-9-17(20)21)6-8-16(15)18(22)14-5-4-10-19-11-14/h4-11H,3H2,1-2H3,(H,20,21).